The number of rotatable bonds is 5. The van der Waals surface area contributed by atoms with Crippen LogP contribution in [0.4, 0.5) is 0 Å². The summed E-state index contributed by atoms with van der Waals surface area (Å²) >= 11 is 0. The molecule has 144 valence electrons. The molecule has 3 heterocycles. The minimum atomic E-state index is -3.87. The summed E-state index contributed by atoms with van der Waals surface area (Å²) in [7, 11) is -3.87. The van der Waals surface area contributed by atoms with E-state index in [1.807, 2.05) is 6.92 Å². The lowest BCUT2D eigenvalue weighted by Gasteiger charge is -2.27. The highest BCUT2D eigenvalue weighted by Gasteiger charge is 2.51. The number of hydrogen-bond acceptors (Lipinski definition) is 7. The van der Waals surface area contributed by atoms with Crippen molar-refractivity contribution in [2.45, 2.75) is 61.8 Å². The van der Waals surface area contributed by atoms with Crippen molar-refractivity contribution in [1.29, 1.82) is 0 Å². The second-order valence-electron chi connectivity index (χ2n) is 6.97. The molecular formula is C18H24O7S. The fraction of sp³-hybridized carbons (Fsp3) is 0.667. The first-order valence-electron chi connectivity index (χ1n) is 9.03. The van der Waals surface area contributed by atoms with Crippen LogP contribution in [-0.4, -0.2) is 58.9 Å². The van der Waals surface area contributed by atoms with Crippen LogP contribution < -0.4 is 0 Å². The van der Waals surface area contributed by atoms with Crippen molar-refractivity contribution >= 4 is 10.1 Å². The van der Waals surface area contributed by atoms with Crippen LogP contribution in [0.5, 0.6) is 0 Å². The molecule has 0 bridgehead atoms. The van der Waals surface area contributed by atoms with Crippen molar-refractivity contribution in [3.05, 3.63) is 29.8 Å². The normalized spacial score (nSPS) is 34.7. The Labute approximate surface area is 153 Å². The second-order valence-corrected chi connectivity index (χ2v) is 8.54. The van der Waals surface area contributed by atoms with E-state index in [4.69, 9.17) is 23.1 Å². The van der Waals surface area contributed by atoms with Gasteiger partial charge in [0, 0.05) is 6.61 Å². The average Bonchev–Trinajstić information content (AvgIpc) is 3.20. The quantitative estimate of drug-likeness (QED) is 0.716. The Morgan fingerprint density at radius 3 is 2.35 bits per heavy atom. The molecule has 26 heavy (non-hydrogen) atoms. The van der Waals surface area contributed by atoms with E-state index >= 15 is 0 Å². The molecule has 0 saturated carbocycles. The standard InChI is InChI=1S/C18H24O7S/c1-12-5-7-13(8-6-12)26(19,20)25-15-11-23-17-14(10-22-18(15)17)24-16-4-2-3-9-21-16/h5-8,14-18H,2-4,9-11H2,1H3/t14-,15-,16?,17-,18-/m1/s1. The zero-order chi connectivity index (χ0) is 18.1. The van der Waals surface area contributed by atoms with E-state index in [9.17, 15) is 8.42 Å². The molecule has 3 aliphatic rings. The maximum Gasteiger partial charge on any atom is 0.297 e. The fourth-order valence-corrected chi connectivity index (χ4v) is 4.64. The fourth-order valence-electron chi connectivity index (χ4n) is 3.56. The molecule has 3 fully saturated rings. The minimum absolute atomic E-state index is 0.132. The molecular weight excluding hydrogens is 360 g/mol. The molecule has 0 radical (unpaired) electrons. The summed E-state index contributed by atoms with van der Waals surface area (Å²) < 4.78 is 53.5. The summed E-state index contributed by atoms with van der Waals surface area (Å²) in [6.07, 6.45) is 1.02. The second kappa shape index (κ2) is 7.53. The lowest BCUT2D eigenvalue weighted by molar-refractivity contribution is -0.202. The Balaban J connectivity index is 1.38. The number of benzene rings is 1. The zero-order valence-electron chi connectivity index (χ0n) is 14.7. The van der Waals surface area contributed by atoms with E-state index in [1.54, 1.807) is 24.3 Å². The van der Waals surface area contributed by atoms with Gasteiger partial charge in [0.1, 0.15) is 24.4 Å². The van der Waals surface area contributed by atoms with Crippen molar-refractivity contribution in [1.82, 2.24) is 0 Å². The van der Waals surface area contributed by atoms with E-state index in [2.05, 4.69) is 0 Å². The van der Waals surface area contributed by atoms with Gasteiger partial charge in [0.15, 0.2) is 6.29 Å². The molecule has 8 heteroatoms. The Kier molecular flexibility index (Phi) is 5.31. The van der Waals surface area contributed by atoms with Crippen molar-refractivity contribution in [2.75, 3.05) is 19.8 Å². The van der Waals surface area contributed by atoms with Crippen molar-refractivity contribution < 1.29 is 31.5 Å². The predicted octanol–water partition coefficient (Wildman–Crippen LogP) is 1.78. The summed E-state index contributed by atoms with van der Waals surface area (Å²) in [5.74, 6) is 0. The molecule has 0 amide bonds. The Hall–Kier alpha value is -1.03. The molecule has 4 rings (SSSR count). The Morgan fingerprint density at radius 1 is 0.962 bits per heavy atom. The highest BCUT2D eigenvalue weighted by Crippen LogP contribution is 2.33. The number of ether oxygens (including phenoxy) is 4. The van der Waals surface area contributed by atoms with Crippen LogP contribution in [0.15, 0.2) is 29.2 Å². The summed E-state index contributed by atoms with van der Waals surface area (Å²) in [6.45, 7) is 3.11. The van der Waals surface area contributed by atoms with Gasteiger partial charge in [0.2, 0.25) is 0 Å². The smallest absolute Gasteiger partial charge is 0.297 e. The van der Waals surface area contributed by atoms with Gasteiger partial charge in [-0.2, -0.15) is 8.42 Å². The summed E-state index contributed by atoms with van der Waals surface area (Å²) in [5.41, 5.74) is 0.984. The highest BCUT2D eigenvalue weighted by molar-refractivity contribution is 7.86. The summed E-state index contributed by atoms with van der Waals surface area (Å²) in [4.78, 5) is 0.132. The van der Waals surface area contributed by atoms with Gasteiger partial charge >= 0.3 is 0 Å². The first-order chi connectivity index (χ1) is 12.5. The average molecular weight is 384 g/mol. The highest BCUT2D eigenvalue weighted by atomic mass is 32.2. The third kappa shape index (κ3) is 3.81. The summed E-state index contributed by atoms with van der Waals surface area (Å²) in [6, 6.07) is 6.56. The number of hydrogen-bond donors (Lipinski definition) is 0. The first kappa shape index (κ1) is 18.3. The lowest BCUT2D eigenvalue weighted by atomic mass is 10.1. The molecule has 0 spiro atoms. The monoisotopic (exact) mass is 384 g/mol. The van der Waals surface area contributed by atoms with E-state index in [1.165, 1.54) is 0 Å². The van der Waals surface area contributed by atoms with Crippen LogP contribution >= 0.6 is 0 Å². The zero-order valence-corrected chi connectivity index (χ0v) is 15.5. The molecule has 7 nitrogen and oxygen atoms in total. The van der Waals surface area contributed by atoms with Crippen molar-refractivity contribution in [3.63, 3.8) is 0 Å². The van der Waals surface area contributed by atoms with E-state index in [-0.39, 0.29) is 30.0 Å². The molecule has 1 aromatic carbocycles. The minimum Gasteiger partial charge on any atom is -0.370 e. The van der Waals surface area contributed by atoms with Gasteiger partial charge in [-0.1, -0.05) is 17.7 Å². The van der Waals surface area contributed by atoms with Crippen LogP contribution in [0.2, 0.25) is 0 Å². The third-order valence-electron chi connectivity index (χ3n) is 4.99. The molecule has 0 aliphatic carbocycles. The molecule has 0 N–H and O–H groups in total. The van der Waals surface area contributed by atoms with Crippen LogP contribution in [-0.2, 0) is 33.2 Å². The number of fused-ring (bicyclic) bond motifs is 1. The number of aryl methyl sites for hydroxylation is 1. The largest absolute Gasteiger partial charge is 0.370 e. The van der Waals surface area contributed by atoms with E-state index < -0.39 is 22.3 Å². The molecule has 1 unspecified atom stereocenters. The maximum absolute atomic E-state index is 12.5. The van der Waals surface area contributed by atoms with Crippen LogP contribution in [0, 0.1) is 6.92 Å². The van der Waals surface area contributed by atoms with Gasteiger partial charge in [-0.15, -0.1) is 0 Å². The van der Waals surface area contributed by atoms with Gasteiger partial charge < -0.3 is 18.9 Å². The Morgan fingerprint density at radius 2 is 1.65 bits per heavy atom. The summed E-state index contributed by atoms with van der Waals surface area (Å²) in [5, 5.41) is 0. The molecule has 5 atom stereocenters. The lowest BCUT2D eigenvalue weighted by Crippen LogP contribution is -2.38. The van der Waals surface area contributed by atoms with Crippen molar-refractivity contribution in [3.8, 4) is 0 Å². The first-order valence-corrected chi connectivity index (χ1v) is 10.4. The molecule has 1 aromatic rings. The topological polar surface area (TPSA) is 80.3 Å². The van der Waals surface area contributed by atoms with Gasteiger partial charge in [0.05, 0.1) is 18.1 Å². The molecule has 0 aromatic heterocycles. The molecule has 3 aliphatic heterocycles. The van der Waals surface area contributed by atoms with Gasteiger partial charge in [-0.05, 0) is 38.3 Å². The molecule has 3 saturated heterocycles. The van der Waals surface area contributed by atoms with Crippen LogP contribution in [0.1, 0.15) is 24.8 Å². The van der Waals surface area contributed by atoms with Gasteiger partial charge in [0.25, 0.3) is 10.1 Å². The maximum atomic E-state index is 12.5. The van der Waals surface area contributed by atoms with Crippen LogP contribution in [0.25, 0.3) is 0 Å². The van der Waals surface area contributed by atoms with Crippen molar-refractivity contribution in [2.24, 2.45) is 0 Å². The van der Waals surface area contributed by atoms with E-state index in [0.29, 0.717) is 13.2 Å². The van der Waals surface area contributed by atoms with Gasteiger partial charge in [-0.3, -0.25) is 4.18 Å². The van der Waals surface area contributed by atoms with E-state index in [0.717, 1.165) is 24.8 Å². The Bertz CT molecular complexity index is 712. The van der Waals surface area contributed by atoms with Crippen LogP contribution in [0.3, 0.4) is 0 Å². The third-order valence-corrected chi connectivity index (χ3v) is 6.34. The SMILES string of the molecule is Cc1ccc(S(=O)(=O)O[C@@H]2CO[C@H]3[C@@H]2OC[C@H]3OC2CCCCO2)cc1. The van der Waals surface area contributed by atoms with Gasteiger partial charge in [-0.25, -0.2) is 0 Å². The predicted molar refractivity (Wildman–Crippen MR) is 91.2 cm³/mol.